The van der Waals surface area contributed by atoms with Crippen LogP contribution in [-0.4, -0.2) is 20.4 Å². The van der Waals surface area contributed by atoms with E-state index in [2.05, 4.69) is 11.9 Å². The second-order valence-corrected chi connectivity index (χ2v) is 4.80. The van der Waals surface area contributed by atoms with E-state index in [-0.39, 0.29) is 5.84 Å². The van der Waals surface area contributed by atoms with Gasteiger partial charge in [-0.1, -0.05) is 6.92 Å². The molecule has 0 amide bonds. The summed E-state index contributed by atoms with van der Waals surface area (Å²) in [7, 11) is 0. The number of nitrogens with zero attached hydrogens (tertiary/aromatic N) is 3. The maximum Gasteiger partial charge on any atom is 0.149 e. The lowest BCUT2D eigenvalue weighted by Crippen LogP contribution is -2.18. The Bertz CT molecular complexity index is 641. The van der Waals surface area contributed by atoms with Crippen LogP contribution < -0.4 is 5.73 Å². The number of nitrogens with two attached hydrogens (primary N) is 1. The third-order valence-electron chi connectivity index (χ3n) is 3.58. The summed E-state index contributed by atoms with van der Waals surface area (Å²) in [5.41, 5.74) is 8.78. The number of hydrogen-bond acceptors (Lipinski definition) is 3. The number of amidine groups is 1. The summed E-state index contributed by atoms with van der Waals surface area (Å²) < 4.78 is 1.94. The average molecular weight is 255 g/mol. The van der Waals surface area contributed by atoms with Gasteiger partial charge in [-0.25, -0.2) is 9.97 Å². The van der Waals surface area contributed by atoms with Crippen molar-refractivity contribution < 1.29 is 0 Å². The van der Waals surface area contributed by atoms with Crippen molar-refractivity contribution in [2.45, 2.75) is 32.6 Å². The molecule has 0 bridgehead atoms. The minimum atomic E-state index is 0.0629. The van der Waals surface area contributed by atoms with Crippen LogP contribution in [-0.2, 0) is 19.3 Å². The fourth-order valence-corrected chi connectivity index (χ4v) is 2.63. The number of nitrogen functional groups attached to an aromatic ring is 1. The lowest BCUT2D eigenvalue weighted by molar-refractivity contribution is 0.849. The number of hydrogen-bond donors (Lipinski definition) is 2. The summed E-state index contributed by atoms with van der Waals surface area (Å²) in [4.78, 5) is 9.04. The second kappa shape index (κ2) is 4.50. The van der Waals surface area contributed by atoms with Crippen LogP contribution >= 0.6 is 0 Å². The summed E-state index contributed by atoms with van der Waals surface area (Å²) in [5, 5.41) is 7.77. The van der Waals surface area contributed by atoms with E-state index in [4.69, 9.17) is 16.1 Å². The molecule has 0 atom stereocenters. The maximum atomic E-state index is 7.77. The average Bonchev–Trinajstić information content (AvgIpc) is 3.04. The predicted molar refractivity (Wildman–Crippen MR) is 73.8 cm³/mol. The van der Waals surface area contributed by atoms with Gasteiger partial charge in [-0.05, 0) is 30.9 Å². The van der Waals surface area contributed by atoms with E-state index in [9.17, 15) is 0 Å². The third kappa shape index (κ3) is 1.91. The fourth-order valence-electron chi connectivity index (χ4n) is 2.63. The number of pyridine rings is 1. The van der Waals surface area contributed by atoms with E-state index >= 15 is 0 Å². The topological polar surface area (TPSA) is 80.6 Å². The molecule has 0 fully saturated rings. The van der Waals surface area contributed by atoms with Crippen LogP contribution in [0.1, 0.15) is 36.0 Å². The summed E-state index contributed by atoms with van der Waals surface area (Å²) >= 11 is 0. The van der Waals surface area contributed by atoms with Crippen LogP contribution in [0, 0.1) is 5.41 Å². The smallest absolute Gasteiger partial charge is 0.149 e. The molecule has 0 aromatic carbocycles. The molecule has 0 unspecified atom stereocenters. The van der Waals surface area contributed by atoms with Crippen LogP contribution in [0.3, 0.4) is 0 Å². The molecule has 5 heteroatoms. The molecule has 0 saturated carbocycles. The molecule has 3 rings (SSSR count). The van der Waals surface area contributed by atoms with Gasteiger partial charge in [0.15, 0.2) is 0 Å². The lowest BCUT2D eigenvalue weighted by Gasteiger charge is -2.13. The number of aromatic nitrogens is 3. The zero-order valence-corrected chi connectivity index (χ0v) is 11.0. The quantitative estimate of drug-likeness (QED) is 0.645. The van der Waals surface area contributed by atoms with E-state index in [1.54, 1.807) is 6.20 Å². The first kappa shape index (κ1) is 11.9. The van der Waals surface area contributed by atoms with Gasteiger partial charge in [0.1, 0.15) is 17.5 Å². The van der Waals surface area contributed by atoms with Crippen molar-refractivity contribution in [2.75, 3.05) is 0 Å². The van der Waals surface area contributed by atoms with Crippen molar-refractivity contribution >= 4 is 5.84 Å². The highest BCUT2D eigenvalue weighted by molar-refractivity contribution is 5.98. The Labute approximate surface area is 112 Å². The van der Waals surface area contributed by atoms with Crippen LogP contribution in [0.5, 0.6) is 0 Å². The predicted octanol–water partition coefficient (Wildman–Crippen LogP) is 1.60. The Morgan fingerprint density at radius 3 is 3.05 bits per heavy atom. The zero-order valence-electron chi connectivity index (χ0n) is 11.0. The van der Waals surface area contributed by atoms with Crippen LogP contribution in [0.25, 0.3) is 5.82 Å². The monoisotopic (exact) mass is 255 g/mol. The zero-order chi connectivity index (χ0) is 13.4. The standard InChI is InChI=1S/C14H17N5/c1-2-12-17-6-7-19(12)14-10(13(15)16)8-9-4-3-5-11(9)18-14/h6-8H,2-5H2,1H3,(H3,15,16). The summed E-state index contributed by atoms with van der Waals surface area (Å²) in [6.45, 7) is 2.06. The van der Waals surface area contributed by atoms with Gasteiger partial charge in [-0.15, -0.1) is 0 Å². The first-order chi connectivity index (χ1) is 9.20. The number of fused-ring (bicyclic) bond motifs is 1. The second-order valence-electron chi connectivity index (χ2n) is 4.80. The van der Waals surface area contributed by atoms with Gasteiger partial charge in [0.2, 0.25) is 0 Å². The molecule has 1 aliphatic rings. The summed E-state index contributed by atoms with van der Waals surface area (Å²) in [6.07, 6.45) is 7.65. The van der Waals surface area contributed by atoms with Gasteiger partial charge in [0.25, 0.3) is 0 Å². The van der Waals surface area contributed by atoms with Crippen molar-refractivity contribution in [3.8, 4) is 5.82 Å². The third-order valence-corrected chi connectivity index (χ3v) is 3.58. The van der Waals surface area contributed by atoms with E-state index in [1.165, 1.54) is 5.56 Å². The van der Waals surface area contributed by atoms with Gasteiger partial charge < -0.3 is 5.73 Å². The molecule has 2 aromatic heterocycles. The Balaban J connectivity index is 2.22. The summed E-state index contributed by atoms with van der Waals surface area (Å²) in [5.74, 6) is 1.74. The van der Waals surface area contributed by atoms with E-state index in [0.717, 1.165) is 43.0 Å². The van der Waals surface area contributed by atoms with E-state index in [0.29, 0.717) is 5.56 Å². The van der Waals surface area contributed by atoms with E-state index < -0.39 is 0 Å². The minimum absolute atomic E-state index is 0.0629. The highest BCUT2D eigenvalue weighted by atomic mass is 15.1. The van der Waals surface area contributed by atoms with Crippen molar-refractivity contribution in [1.29, 1.82) is 5.41 Å². The molecule has 0 aliphatic heterocycles. The molecular formula is C14H17N5. The van der Waals surface area contributed by atoms with Crippen LogP contribution in [0.4, 0.5) is 0 Å². The van der Waals surface area contributed by atoms with Crippen LogP contribution in [0.15, 0.2) is 18.5 Å². The molecule has 3 N–H and O–H groups in total. The van der Waals surface area contributed by atoms with Crippen molar-refractivity contribution in [3.63, 3.8) is 0 Å². The Hall–Kier alpha value is -2.17. The Morgan fingerprint density at radius 1 is 1.47 bits per heavy atom. The number of imidazole rings is 1. The first-order valence-electron chi connectivity index (χ1n) is 6.60. The van der Waals surface area contributed by atoms with Crippen molar-refractivity contribution in [3.05, 3.63) is 41.1 Å². The molecule has 2 aromatic rings. The Kier molecular flexibility index (Phi) is 2.81. The van der Waals surface area contributed by atoms with E-state index in [1.807, 2.05) is 16.8 Å². The van der Waals surface area contributed by atoms with Gasteiger partial charge in [-0.3, -0.25) is 9.98 Å². The fraction of sp³-hybridized carbons (Fsp3) is 0.357. The van der Waals surface area contributed by atoms with Gasteiger partial charge >= 0.3 is 0 Å². The molecule has 98 valence electrons. The SMILES string of the molecule is CCc1nccn1-c1nc2c(cc1C(=N)N)CCC2. The van der Waals surface area contributed by atoms with Gasteiger partial charge in [0.05, 0.1) is 5.56 Å². The molecule has 5 nitrogen and oxygen atoms in total. The molecule has 0 radical (unpaired) electrons. The van der Waals surface area contributed by atoms with Crippen molar-refractivity contribution in [1.82, 2.24) is 14.5 Å². The van der Waals surface area contributed by atoms with Crippen molar-refractivity contribution in [2.24, 2.45) is 5.73 Å². The highest BCUT2D eigenvalue weighted by Gasteiger charge is 2.19. The van der Waals surface area contributed by atoms with Gasteiger partial charge in [0, 0.05) is 24.5 Å². The molecule has 0 spiro atoms. The molecular weight excluding hydrogens is 238 g/mol. The maximum absolute atomic E-state index is 7.77. The normalized spacial score (nSPS) is 13.5. The first-order valence-corrected chi connectivity index (χ1v) is 6.60. The molecule has 19 heavy (non-hydrogen) atoms. The summed E-state index contributed by atoms with van der Waals surface area (Å²) in [6, 6.07) is 2.02. The Morgan fingerprint density at radius 2 is 2.32 bits per heavy atom. The van der Waals surface area contributed by atoms with Gasteiger partial charge in [-0.2, -0.15) is 0 Å². The minimum Gasteiger partial charge on any atom is -0.384 e. The molecule has 1 aliphatic carbocycles. The largest absolute Gasteiger partial charge is 0.384 e. The molecule has 2 heterocycles. The number of nitrogens with one attached hydrogen (secondary N) is 1. The number of aryl methyl sites for hydroxylation is 3. The molecule has 0 saturated heterocycles. The number of rotatable bonds is 3. The lowest BCUT2D eigenvalue weighted by atomic mass is 10.1. The highest BCUT2D eigenvalue weighted by Crippen LogP contribution is 2.25. The van der Waals surface area contributed by atoms with Crippen LogP contribution in [0.2, 0.25) is 0 Å².